The van der Waals surface area contributed by atoms with E-state index in [1.54, 1.807) is 12.1 Å². The van der Waals surface area contributed by atoms with Crippen molar-refractivity contribution in [2.75, 3.05) is 11.9 Å². The summed E-state index contributed by atoms with van der Waals surface area (Å²) in [5.41, 5.74) is 4.18. The van der Waals surface area contributed by atoms with Gasteiger partial charge in [-0.25, -0.2) is 4.39 Å². The van der Waals surface area contributed by atoms with E-state index in [9.17, 15) is 9.18 Å². The maximum absolute atomic E-state index is 12.8. The van der Waals surface area contributed by atoms with Crippen LogP contribution >= 0.6 is 0 Å². The molecule has 0 aromatic heterocycles. The molecule has 3 rings (SSSR count). The Bertz CT molecular complexity index is 652. The van der Waals surface area contributed by atoms with E-state index < -0.39 is 0 Å². The first-order valence-corrected chi connectivity index (χ1v) is 7.07. The molecule has 21 heavy (non-hydrogen) atoms. The Balaban J connectivity index is 1.65. The van der Waals surface area contributed by atoms with Crippen LogP contribution in [0.3, 0.4) is 0 Å². The van der Waals surface area contributed by atoms with E-state index in [1.165, 1.54) is 23.3 Å². The average molecular weight is 284 g/mol. The van der Waals surface area contributed by atoms with Crippen LogP contribution in [0.4, 0.5) is 10.1 Å². The van der Waals surface area contributed by atoms with Crippen molar-refractivity contribution < 1.29 is 9.18 Å². The lowest BCUT2D eigenvalue weighted by Gasteiger charge is -2.18. The summed E-state index contributed by atoms with van der Waals surface area (Å²) in [5, 5.41) is 6.21. The van der Waals surface area contributed by atoms with Crippen LogP contribution in [-0.4, -0.2) is 12.5 Å². The van der Waals surface area contributed by atoms with Crippen molar-refractivity contribution in [3.63, 3.8) is 0 Å². The molecule has 3 nitrogen and oxygen atoms in total. The van der Waals surface area contributed by atoms with Crippen LogP contribution in [0.1, 0.15) is 16.7 Å². The molecular formula is C17H17FN2O. The number of carbonyl (C=O) groups is 1. The maximum Gasteiger partial charge on any atom is 0.228 e. The van der Waals surface area contributed by atoms with Gasteiger partial charge in [0.05, 0.1) is 6.42 Å². The predicted octanol–water partition coefficient (Wildman–Crippen LogP) is 2.65. The van der Waals surface area contributed by atoms with Crippen LogP contribution in [0.2, 0.25) is 0 Å². The first-order chi connectivity index (χ1) is 10.2. The van der Waals surface area contributed by atoms with Gasteiger partial charge >= 0.3 is 0 Å². The van der Waals surface area contributed by atoms with Crippen LogP contribution in [0.25, 0.3) is 0 Å². The third-order valence-corrected chi connectivity index (χ3v) is 3.65. The molecule has 0 radical (unpaired) electrons. The van der Waals surface area contributed by atoms with Gasteiger partial charge in [0.15, 0.2) is 0 Å². The van der Waals surface area contributed by atoms with Crippen LogP contribution in [0.5, 0.6) is 0 Å². The summed E-state index contributed by atoms with van der Waals surface area (Å²) < 4.78 is 12.8. The molecule has 1 heterocycles. The number of halogens is 1. The Hall–Kier alpha value is -2.20. The standard InChI is InChI=1S/C17H17FN2O/c18-15-4-1-12(2-5-15)9-17(21)20-16-6-3-13-7-8-19-11-14(13)10-16/h1-6,10,19H,7-9,11H2,(H,20,21). The van der Waals surface area contributed by atoms with Gasteiger partial charge in [-0.15, -0.1) is 0 Å². The fourth-order valence-corrected chi connectivity index (χ4v) is 2.55. The highest BCUT2D eigenvalue weighted by atomic mass is 19.1. The van der Waals surface area contributed by atoms with Gasteiger partial charge in [-0.05, 0) is 53.9 Å². The highest BCUT2D eigenvalue weighted by Gasteiger charge is 2.10. The number of rotatable bonds is 3. The van der Waals surface area contributed by atoms with Crippen molar-refractivity contribution >= 4 is 11.6 Å². The molecular weight excluding hydrogens is 267 g/mol. The summed E-state index contributed by atoms with van der Waals surface area (Å²) in [7, 11) is 0. The van der Waals surface area contributed by atoms with Crippen molar-refractivity contribution in [3.8, 4) is 0 Å². The van der Waals surface area contributed by atoms with E-state index >= 15 is 0 Å². The molecule has 0 saturated heterocycles. The Morgan fingerprint density at radius 2 is 1.95 bits per heavy atom. The molecule has 2 aromatic carbocycles. The fourth-order valence-electron chi connectivity index (χ4n) is 2.55. The fraction of sp³-hybridized carbons (Fsp3) is 0.235. The zero-order valence-corrected chi connectivity index (χ0v) is 11.7. The topological polar surface area (TPSA) is 41.1 Å². The van der Waals surface area contributed by atoms with Crippen molar-refractivity contribution in [2.45, 2.75) is 19.4 Å². The third-order valence-electron chi connectivity index (χ3n) is 3.65. The Kier molecular flexibility index (Phi) is 3.97. The molecule has 0 bridgehead atoms. The van der Waals surface area contributed by atoms with E-state index in [0.29, 0.717) is 0 Å². The van der Waals surface area contributed by atoms with Gasteiger partial charge in [-0.3, -0.25) is 4.79 Å². The van der Waals surface area contributed by atoms with E-state index in [1.807, 2.05) is 12.1 Å². The summed E-state index contributed by atoms with van der Waals surface area (Å²) in [6.45, 7) is 1.85. The lowest BCUT2D eigenvalue weighted by Crippen LogP contribution is -2.24. The first kappa shape index (κ1) is 13.8. The molecule has 0 unspecified atom stereocenters. The van der Waals surface area contributed by atoms with Crippen molar-refractivity contribution in [1.29, 1.82) is 0 Å². The van der Waals surface area contributed by atoms with E-state index in [4.69, 9.17) is 0 Å². The second-order valence-corrected chi connectivity index (χ2v) is 5.26. The van der Waals surface area contributed by atoms with Gasteiger partial charge in [-0.2, -0.15) is 0 Å². The minimum absolute atomic E-state index is 0.0923. The van der Waals surface area contributed by atoms with Gasteiger partial charge in [-0.1, -0.05) is 18.2 Å². The quantitative estimate of drug-likeness (QED) is 0.910. The second kappa shape index (κ2) is 6.06. The van der Waals surface area contributed by atoms with Crippen LogP contribution < -0.4 is 10.6 Å². The van der Waals surface area contributed by atoms with E-state index in [2.05, 4.69) is 16.7 Å². The van der Waals surface area contributed by atoms with Gasteiger partial charge in [0.25, 0.3) is 0 Å². The number of hydrogen-bond acceptors (Lipinski definition) is 2. The highest BCUT2D eigenvalue weighted by Crippen LogP contribution is 2.19. The van der Waals surface area contributed by atoms with Gasteiger partial charge in [0, 0.05) is 12.2 Å². The molecule has 2 aromatic rings. The summed E-state index contributed by atoms with van der Waals surface area (Å²) in [6.07, 6.45) is 1.27. The summed E-state index contributed by atoms with van der Waals surface area (Å²) in [6, 6.07) is 12.0. The summed E-state index contributed by atoms with van der Waals surface area (Å²) in [4.78, 5) is 12.0. The van der Waals surface area contributed by atoms with Gasteiger partial charge < -0.3 is 10.6 Å². The zero-order chi connectivity index (χ0) is 14.7. The lowest BCUT2D eigenvalue weighted by molar-refractivity contribution is -0.115. The van der Waals surface area contributed by atoms with Crippen molar-refractivity contribution in [1.82, 2.24) is 5.32 Å². The first-order valence-electron chi connectivity index (χ1n) is 7.07. The Morgan fingerprint density at radius 3 is 2.76 bits per heavy atom. The molecule has 1 aliphatic heterocycles. The number of nitrogens with one attached hydrogen (secondary N) is 2. The molecule has 4 heteroatoms. The summed E-state index contributed by atoms with van der Waals surface area (Å²) >= 11 is 0. The average Bonchev–Trinajstić information content (AvgIpc) is 2.49. The normalized spacial score (nSPS) is 13.6. The number of amides is 1. The number of fused-ring (bicyclic) bond motifs is 1. The van der Waals surface area contributed by atoms with Crippen molar-refractivity contribution in [2.24, 2.45) is 0 Å². The molecule has 0 spiro atoms. The zero-order valence-electron chi connectivity index (χ0n) is 11.7. The number of anilines is 1. The molecule has 0 fully saturated rings. The largest absolute Gasteiger partial charge is 0.326 e. The van der Waals surface area contributed by atoms with Crippen LogP contribution in [0.15, 0.2) is 42.5 Å². The molecule has 108 valence electrons. The SMILES string of the molecule is O=C(Cc1ccc(F)cc1)Nc1ccc2c(c1)CNCC2. The van der Waals surface area contributed by atoms with Gasteiger partial charge in [0.1, 0.15) is 5.82 Å². The summed E-state index contributed by atoms with van der Waals surface area (Å²) in [5.74, 6) is -0.383. The van der Waals surface area contributed by atoms with E-state index in [-0.39, 0.29) is 18.1 Å². The minimum atomic E-state index is -0.290. The molecule has 0 aliphatic carbocycles. The number of benzene rings is 2. The Labute approximate surface area is 123 Å². The van der Waals surface area contributed by atoms with E-state index in [0.717, 1.165) is 30.8 Å². The minimum Gasteiger partial charge on any atom is -0.326 e. The van der Waals surface area contributed by atoms with Gasteiger partial charge in [0.2, 0.25) is 5.91 Å². The van der Waals surface area contributed by atoms with Crippen molar-refractivity contribution in [3.05, 3.63) is 65.0 Å². The van der Waals surface area contributed by atoms with Crippen LogP contribution in [-0.2, 0) is 24.2 Å². The third kappa shape index (κ3) is 3.47. The molecule has 0 saturated carbocycles. The number of hydrogen-bond donors (Lipinski definition) is 2. The molecule has 0 atom stereocenters. The number of carbonyl (C=O) groups excluding carboxylic acids is 1. The molecule has 2 N–H and O–H groups in total. The second-order valence-electron chi connectivity index (χ2n) is 5.26. The van der Waals surface area contributed by atoms with Crippen LogP contribution in [0, 0.1) is 5.82 Å². The Morgan fingerprint density at radius 1 is 1.14 bits per heavy atom. The maximum atomic E-state index is 12.8. The monoisotopic (exact) mass is 284 g/mol. The highest BCUT2D eigenvalue weighted by molar-refractivity contribution is 5.92. The lowest BCUT2D eigenvalue weighted by atomic mass is 10.0. The predicted molar refractivity (Wildman–Crippen MR) is 80.6 cm³/mol. The smallest absolute Gasteiger partial charge is 0.228 e. The molecule has 1 aliphatic rings. The molecule has 1 amide bonds.